The van der Waals surface area contributed by atoms with Crippen LogP contribution >= 0.6 is 0 Å². The van der Waals surface area contributed by atoms with E-state index in [2.05, 4.69) is 55.4 Å². The van der Waals surface area contributed by atoms with E-state index in [0.717, 1.165) is 19.0 Å². The molecule has 20 heavy (non-hydrogen) atoms. The van der Waals surface area contributed by atoms with E-state index in [4.69, 9.17) is 0 Å². The largest absolute Gasteiger partial charge is 0.310 e. The molecule has 0 heterocycles. The average molecular weight is 274 g/mol. The van der Waals surface area contributed by atoms with Gasteiger partial charge in [-0.2, -0.15) is 0 Å². The molecule has 1 aromatic carbocycles. The Balaban J connectivity index is 1.83. The maximum atomic E-state index is 3.49. The van der Waals surface area contributed by atoms with Gasteiger partial charge in [-0.25, -0.2) is 0 Å². The third kappa shape index (κ3) is 5.26. The molecule has 112 valence electrons. The van der Waals surface area contributed by atoms with Crippen molar-refractivity contribution in [2.45, 2.75) is 58.7 Å². The molecule has 2 nitrogen and oxygen atoms in total. The molecule has 1 fully saturated rings. The molecular weight excluding hydrogens is 244 g/mol. The normalized spacial score (nSPS) is 16.4. The van der Waals surface area contributed by atoms with Gasteiger partial charge in [-0.05, 0) is 36.9 Å². The minimum Gasteiger partial charge on any atom is -0.310 e. The van der Waals surface area contributed by atoms with Crippen molar-refractivity contribution in [1.29, 1.82) is 0 Å². The van der Waals surface area contributed by atoms with Crippen LogP contribution in [0.1, 0.15) is 50.7 Å². The summed E-state index contributed by atoms with van der Waals surface area (Å²) >= 11 is 0. The molecule has 0 bridgehead atoms. The van der Waals surface area contributed by atoms with E-state index < -0.39 is 0 Å². The maximum absolute atomic E-state index is 3.49. The zero-order valence-electron chi connectivity index (χ0n) is 13.4. The lowest BCUT2D eigenvalue weighted by molar-refractivity contribution is 0.271. The molecule has 0 atom stereocenters. The number of hydrogen-bond acceptors (Lipinski definition) is 2. The molecule has 0 radical (unpaired) electrons. The van der Waals surface area contributed by atoms with Crippen LogP contribution in [-0.2, 0) is 13.1 Å². The van der Waals surface area contributed by atoms with Crippen LogP contribution < -0.4 is 5.32 Å². The summed E-state index contributed by atoms with van der Waals surface area (Å²) in [4.78, 5) is 2.49. The highest BCUT2D eigenvalue weighted by Crippen LogP contribution is 2.25. The van der Waals surface area contributed by atoms with E-state index in [1.165, 1.54) is 43.4 Å². The predicted octanol–water partition coefficient (Wildman–Crippen LogP) is 3.81. The van der Waals surface area contributed by atoms with Crippen molar-refractivity contribution in [3.05, 3.63) is 35.4 Å². The van der Waals surface area contributed by atoms with Gasteiger partial charge in [0.1, 0.15) is 0 Å². The van der Waals surface area contributed by atoms with E-state index in [-0.39, 0.29) is 0 Å². The second-order valence-corrected chi connectivity index (χ2v) is 6.70. The first kappa shape index (κ1) is 15.5. The quantitative estimate of drug-likeness (QED) is 0.813. The van der Waals surface area contributed by atoms with E-state index in [1.54, 1.807) is 0 Å². The van der Waals surface area contributed by atoms with Gasteiger partial charge in [-0.3, -0.25) is 0 Å². The fourth-order valence-electron chi connectivity index (χ4n) is 3.17. The Bertz CT molecular complexity index is 394. The molecule has 1 saturated carbocycles. The fraction of sp³-hybridized carbons (Fsp3) is 0.667. The number of hydrogen-bond donors (Lipinski definition) is 1. The van der Waals surface area contributed by atoms with Crippen LogP contribution in [0.4, 0.5) is 0 Å². The molecule has 0 amide bonds. The standard InChI is InChI=1S/C18H30N2/c1-15(2)19-12-17-9-6-10-18(11-17)14-20(3)13-16-7-4-5-8-16/h6,9-11,15-16,19H,4-5,7-8,12-14H2,1-3H3. The van der Waals surface area contributed by atoms with Gasteiger partial charge in [0.15, 0.2) is 0 Å². The second-order valence-electron chi connectivity index (χ2n) is 6.70. The van der Waals surface area contributed by atoms with Crippen molar-refractivity contribution in [2.24, 2.45) is 5.92 Å². The Morgan fingerprint density at radius 1 is 1.20 bits per heavy atom. The molecule has 0 aliphatic heterocycles. The van der Waals surface area contributed by atoms with E-state index >= 15 is 0 Å². The minimum absolute atomic E-state index is 0.545. The van der Waals surface area contributed by atoms with Crippen molar-refractivity contribution in [1.82, 2.24) is 10.2 Å². The Morgan fingerprint density at radius 3 is 2.60 bits per heavy atom. The molecule has 0 spiro atoms. The summed E-state index contributed by atoms with van der Waals surface area (Å²) in [7, 11) is 2.26. The van der Waals surface area contributed by atoms with Gasteiger partial charge in [0.2, 0.25) is 0 Å². The highest BCUT2D eigenvalue weighted by Gasteiger charge is 2.16. The summed E-state index contributed by atoms with van der Waals surface area (Å²) in [5.74, 6) is 0.936. The van der Waals surface area contributed by atoms with Crippen LogP contribution in [0.3, 0.4) is 0 Å². The Labute approximate surface area is 124 Å². The van der Waals surface area contributed by atoms with Gasteiger partial charge in [-0.15, -0.1) is 0 Å². The first-order valence-electron chi connectivity index (χ1n) is 8.13. The summed E-state index contributed by atoms with van der Waals surface area (Å²) in [5, 5.41) is 3.49. The molecule has 1 aliphatic rings. The topological polar surface area (TPSA) is 15.3 Å². The van der Waals surface area contributed by atoms with Crippen LogP contribution in [0.15, 0.2) is 24.3 Å². The summed E-state index contributed by atoms with van der Waals surface area (Å²) < 4.78 is 0. The molecular formula is C18H30N2. The highest BCUT2D eigenvalue weighted by atomic mass is 15.1. The lowest BCUT2D eigenvalue weighted by atomic mass is 10.1. The number of benzene rings is 1. The fourth-order valence-corrected chi connectivity index (χ4v) is 3.17. The van der Waals surface area contributed by atoms with Gasteiger partial charge < -0.3 is 10.2 Å². The van der Waals surface area contributed by atoms with E-state index in [1.807, 2.05) is 0 Å². The van der Waals surface area contributed by atoms with Gasteiger partial charge in [0.25, 0.3) is 0 Å². The zero-order chi connectivity index (χ0) is 14.4. The Morgan fingerprint density at radius 2 is 1.90 bits per heavy atom. The lowest BCUT2D eigenvalue weighted by Gasteiger charge is -2.21. The van der Waals surface area contributed by atoms with Crippen molar-refractivity contribution in [3.8, 4) is 0 Å². The third-order valence-electron chi connectivity index (χ3n) is 4.20. The SMILES string of the molecule is CC(C)NCc1cccc(CN(C)CC2CCCC2)c1. The van der Waals surface area contributed by atoms with Crippen LogP contribution in [0.5, 0.6) is 0 Å². The van der Waals surface area contributed by atoms with Crippen LogP contribution in [0.25, 0.3) is 0 Å². The number of rotatable bonds is 7. The summed E-state index contributed by atoms with van der Waals surface area (Å²) in [5.41, 5.74) is 2.83. The molecule has 1 aliphatic carbocycles. The zero-order valence-corrected chi connectivity index (χ0v) is 13.4. The number of nitrogens with zero attached hydrogens (tertiary/aromatic N) is 1. The lowest BCUT2D eigenvalue weighted by Crippen LogP contribution is -2.24. The van der Waals surface area contributed by atoms with Crippen molar-refractivity contribution >= 4 is 0 Å². The van der Waals surface area contributed by atoms with Gasteiger partial charge >= 0.3 is 0 Å². The summed E-state index contributed by atoms with van der Waals surface area (Å²) in [6, 6.07) is 9.56. The first-order chi connectivity index (χ1) is 9.63. The smallest absolute Gasteiger partial charge is 0.0230 e. The average Bonchev–Trinajstić information content (AvgIpc) is 2.89. The molecule has 1 N–H and O–H groups in total. The molecule has 2 heteroatoms. The van der Waals surface area contributed by atoms with Crippen molar-refractivity contribution < 1.29 is 0 Å². The summed E-state index contributed by atoms with van der Waals surface area (Å²) in [6.45, 7) is 7.69. The third-order valence-corrected chi connectivity index (χ3v) is 4.20. The molecule has 1 aromatic rings. The van der Waals surface area contributed by atoms with E-state index in [9.17, 15) is 0 Å². The van der Waals surface area contributed by atoms with Crippen molar-refractivity contribution in [2.75, 3.05) is 13.6 Å². The predicted molar refractivity (Wildman–Crippen MR) is 86.7 cm³/mol. The molecule has 0 saturated heterocycles. The Hall–Kier alpha value is -0.860. The van der Waals surface area contributed by atoms with Crippen molar-refractivity contribution in [3.63, 3.8) is 0 Å². The molecule has 0 aromatic heterocycles. The summed E-state index contributed by atoms with van der Waals surface area (Å²) in [6.07, 6.45) is 5.75. The monoisotopic (exact) mass is 274 g/mol. The number of nitrogens with one attached hydrogen (secondary N) is 1. The molecule has 0 unspecified atom stereocenters. The van der Waals surface area contributed by atoms with Gasteiger partial charge in [-0.1, -0.05) is 51.0 Å². The second kappa shape index (κ2) is 7.80. The maximum Gasteiger partial charge on any atom is 0.0230 e. The minimum atomic E-state index is 0.545. The van der Waals surface area contributed by atoms with Gasteiger partial charge in [0, 0.05) is 25.7 Å². The molecule has 2 rings (SSSR count). The highest BCUT2D eigenvalue weighted by molar-refractivity contribution is 5.23. The Kier molecular flexibility index (Phi) is 6.06. The van der Waals surface area contributed by atoms with E-state index in [0.29, 0.717) is 6.04 Å². The van der Waals surface area contributed by atoms with Crippen LogP contribution in [0.2, 0.25) is 0 Å². The van der Waals surface area contributed by atoms with Crippen LogP contribution in [-0.4, -0.2) is 24.5 Å². The van der Waals surface area contributed by atoms with Gasteiger partial charge in [0.05, 0.1) is 0 Å². The van der Waals surface area contributed by atoms with Crippen LogP contribution in [0, 0.1) is 5.92 Å². The first-order valence-corrected chi connectivity index (χ1v) is 8.13.